The van der Waals surface area contributed by atoms with Crippen molar-refractivity contribution in [2.24, 2.45) is 0 Å². The van der Waals surface area contributed by atoms with Gasteiger partial charge >= 0.3 is 0 Å². The number of aryl methyl sites for hydroxylation is 3. The van der Waals surface area contributed by atoms with Gasteiger partial charge in [0.2, 0.25) is 0 Å². The van der Waals surface area contributed by atoms with Gasteiger partial charge in [0, 0.05) is 17.8 Å². The molecule has 0 aliphatic heterocycles. The molecule has 1 N–H and O–H groups in total. The molecule has 0 saturated carbocycles. The van der Waals surface area contributed by atoms with Crippen LogP contribution in [0, 0.1) is 20.8 Å². The fourth-order valence-corrected chi connectivity index (χ4v) is 4.07. The van der Waals surface area contributed by atoms with Crippen molar-refractivity contribution in [3.8, 4) is 11.3 Å². The summed E-state index contributed by atoms with van der Waals surface area (Å²) in [5.41, 5.74) is 8.41. The highest BCUT2D eigenvalue weighted by Gasteiger charge is 2.13. The Hall–Kier alpha value is -3.46. The van der Waals surface area contributed by atoms with Crippen LogP contribution in [0.25, 0.3) is 22.0 Å². The van der Waals surface area contributed by atoms with Crippen molar-refractivity contribution in [1.82, 2.24) is 4.98 Å². The van der Waals surface area contributed by atoms with E-state index < -0.39 is 0 Å². The second-order valence-corrected chi connectivity index (χ2v) is 7.51. The zero-order chi connectivity index (χ0) is 20.4. The van der Waals surface area contributed by atoms with Crippen molar-refractivity contribution in [2.45, 2.75) is 27.3 Å². The van der Waals surface area contributed by atoms with Gasteiger partial charge in [-0.05, 0) is 60.4 Å². The highest BCUT2D eigenvalue weighted by atomic mass is 16.1. The second kappa shape index (κ2) is 7.88. The van der Waals surface area contributed by atoms with E-state index in [1.807, 2.05) is 24.3 Å². The summed E-state index contributed by atoms with van der Waals surface area (Å²) in [4.78, 5) is 15.9. The number of rotatable bonds is 5. The van der Waals surface area contributed by atoms with E-state index >= 15 is 0 Å². The first-order valence-corrected chi connectivity index (χ1v) is 9.82. The third-order valence-corrected chi connectivity index (χ3v) is 5.30. The van der Waals surface area contributed by atoms with Gasteiger partial charge in [0.25, 0.3) is 0 Å². The second-order valence-electron chi connectivity index (χ2n) is 7.51. The van der Waals surface area contributed by atoms with Gasteiger partial charge in [0.05, 0.1) is 5.69 Å². The zero-order valence-electron chi connectivity index (χ0n) is 17.0. The molecule has 0 aliphatic rings. The average Bonchev–Trinajstić information content (AvgIpc) is 2.72. The molecule has 4 rings (SSSR count). The van der Waals surface area contributed by atoms with Crippen LogP contribution in [0.1, 0.15) is 32.7 Å². The van der Waals surface area contributed by atoms with E-state index in [1.54, 1.807) is 6.07 Å². The summed E-state index contributed by atoms with van der Waals surface area (Å²) in [5.74, 6) is 0. The molecule has 144 valence electrons. The molecule has 0 spiro atoms. The lowest BCUT2D eigenvalue weighted by atomic mass is 9.95. The third-order valence-electron chi connectivity index (χ3n) is 5.30. The first-order valence-electron chi connectivity index (χ1n) is 9.82. The van der Waals surface area contributed by atoms with Gasteiger partial charge in [-0.1, -0.05) is 60.2 Å². The Labute approximate surface area is 171 Å². The standard InChI is InChI=1S/C26H24N2O/c1-17-13-18(2)26(19(3)14-17)27-15-21-12-11-20-7-4-5-9-23(20)25(21)24-10-6-8-22(16-29)28-24/h4-14,16,27H,15H2,1-3H3. The number of carbonyl (C=O) groups is 1. The average molecular weight is 380 g/mol. The first-order chi connectivity index (χ1) is 14.1. The molecule has 0 aliphatic carbocycles. The van der Waals surface area contributed by atoms with E-state index in [0.29, 0.717) is 12.2 Å². The summed E-state index contributed by atoms with van der Waals surface area (Å²) in [5, 5.41) is 5.93. The SMILES string of the molecule is Cc1cc(C)c(NCc2ccc3ccccc3c2-c2cccc(C=O)n2)c(C)c1. The maximum absolute atomic E-state index is 11.3. The van der Waals surface area contributed by atoms with Crippen LogP contribution < -0.4 is 5.32 Å². The van der Waals surface area contributed by atoms with Crippen LogP contribution in [0.5, 0.6) is 0 Å². The van der Waals surface area contributed by atoms with Crippen LogP contribution in [0.3, 0.4) is 0 Å². The maximum atomic E-state index is 11.3. The fraction of sp³-hybridized carbons (Fsp3) is 0.154. The highest BCUT2D eigenvalue weighted by Crippen LogP contribution is 2.32. The molecule has 3 heteroatoms. The lowest BCUT2D eigenvalue weighted by Gasteiger charge is -2.17. The Kier molecular flexibility index (Phi) is 5.13. The number of pyridine rings is 1. The molecule has 1 aromatic heterocycles. The number of nitrogens with one attached hydrogen (secondary N) is 1. The van der Waals surface area contributed by atoms with Crippen molar-refractivity contribution in [3.05, 3.63) is 94.7 Å². The van der Waals surface area contributed by atoms with Gasteiger partial charge in [0.1, 0.15) is 5.69 Å². The number of fused-ring (bicyclic) bond motifs is 1. The molecule has 3 aromatic carbocycles. The van der Waals surface area contributed by atoms with Crippen LogP contribution in [0.2, 0.25) is 0 Å². The van der Waals surface area contributed by atoms with Crippen molar-refractivity contribution >= 4 is 22.7 Å². The largest absolute Gasteiger partial charge is 0.381 e. The smallest absolute Gasteiger partial charge is 0.168 e. The lowest BCUT2D eigenvalue weighted by Crippen LogP contribution is -2.05. The normalized spacial score (nSPS) is 10.9. The van der Waals surface area contributed by atoms with E-state index in [2.05, 4.69) is 67.5 Å². The number of aldehydes is 1. The van der Waals surface area contributed by atoms with Crippen molar-refractivity contribution < 1.29 is 4.79 Å². The Morgan fingerprint density at radius 2 is 1.66 bits per heavy atom. The molecule has 0 amide bonds. The molecule has 0 unspecified atom stereocenters. The molecule has 0 saturated heterocycles. The van der Waals surface area contributed by atoms with Crippen LogP contribution in [-0.2, 0) is 6.54 Å². The summed E-state index contributed by atoms with van der Waals surface area (Å²) < 4.78 is 0. The zero-order valence-corrected chi connectivity index (χ0v) is 17.0. The fourth-order valence-electron chi connectivity index (χ4n) is 4.07. The molecule has 0 radical (unpaired) electrons. The number of benzene rings is 3. The Bertz CT molecular complexity index is 1190. The van der Waals surface area contributed by atoms with Gasteiger partial charge < -0.3 is 5.32 Å². The highest BCUT2D eigenvalue weighted by molar-refractivity contribution is 5.97. The summed E-state index contributed by atoms with van der Waals surface area (Å²) in [6.45, 7) is 7.08. The lowest BCUT2D eigenvalue weighted by molar-refractivity contribution is 0.111. The number of anilines is 1. The number of nitrogens with zero attached hydrogens (tertiary/aromatic N) is 1. The predicted octanol–water partition coefficient (Wildman–Crippen LogP) is 6.25. The van der Waals surface area contributed by atoms with Gasteiger partial charge in [0.15, 0.2) is 6.29 Å². The minimum absolute atomic E-state index is 0.444. The van der Waals surface area contributed by atoms with Gasteiger partial charge in [-0.25, -0.2) is 4.98 Å². The molecule has 1 heterocycles. The van der Waals surface area contributed by atoms with Crippen LogP contribution >= 0.6 is 0 Å². The van der Waals surface area contributed by atoms with E-state index in [0.717, 1.165) is 33.9 Å². The molecule has 0 fully saturated rings. The van der Waals surface area contributed by atoms with Crippen LogP contribution in [-0.4, -0.2) is 11.3 Å². The minimum atomic E-state index is 0.444. The quantitative estimate of drug-likeness (QED) is 0.416. The van der Waals surface area contributed by atoms with Gasteiger partial charge in [-0.3, -0.25) is 4.79 Å². The van der Waals surface area contributed by atoms with E-state index in [4.69, 9.17) is 0 Å². The number of carbonyl (C=O) groups excluding carboxylic acids is 1. The van der Waals surface area contributed by atoms with E-state index in [1.165, 1.54) is 22.4 Å². The van der Waals surface area contributed by atoms with Crippen LogP contribution in [0.15, 0.2) is 66.7 Å². The summed E-state index contributed by atoms with van der Waals surface area (Å²) in [7, 11) is 0. The van der Waals surface area contributed by atoms with Gasteiger partial charge in [-0.15, -0.1) is 0 Å². The van der Waals surface area contributed by atoms with E-state index in [9.17, 15) is 4.79 Å². The summed E-state index contributed by atoms with van der Waals surface area (Å²) >= 11 is 0. The monoisotopic (exact) mass is 380 g/mol. The number of aromatic nitrogens is 1. The first kappa shape index (κ1) is 18.9. The van der Waals surface area contributed by atoms with Crippen LogP contribution in [0.4, 0.5) is 5.69 Å². The molecule has 4 aromatic rings. The van der Waals surface area contributed by atoms with Crippen molar-refractivity contribution in [3.63, 3.8) is 0 Å². The molecule has 29 heavy (non-hydrogen) atoms. The topological polar surface area (TPSA) is 42.0 Å². The van der Waals surface area contributed by atoms with Gasteiger partial charge in [-0.2, -0.15) is 0 Å². The Balaban J connectivity index is 1.81. The van der Waals surface area contributed by atoms with Crippen molar-refractivity contribution in [1.29, 1.82) is 0 Å². The molecule has 3 nitrogen and oxygen atoms in total. The third kappa shape index (κ3) is 3.77. The summed E-state index contributed by atoms with van der Waals surface area (Å²) in [6, 6.07) is 22.6. The Morgan fingerprint density at radius 3 is 2.41 bits per heavy atom. The van der Waals surface area contributed by atoms with Crippen molar-refractivity contribution in [2.75, 3.05) is 5.32 Å². The summed E-state index contributed by atoms with van der Waals surface area (Å²) in [6.07, 6.45) is 0.797. The minimum Gasteiger partial charge on any atom is -0.381 e. The van der Waals surface area contributed by atoms with E-state index in [-0.39, 0.29) is 0 Å². The molecule has 0 atom stereocenters. The predicted molar refractivity (Wildman–Crippen MR) is 121 cm³/mol. The molecular weight excluding hydrogens is 356 g/mol. The maximum Gasteiger partial charge on any atom is 0.168 e. The molecule has 0 bridgehead atoms. The Morgan fingerprint density at radius 1 is 0.897 bits per heavy atom. The number of hydrogen-bond acceptors (Lipinski definition) is 3. The number of hydrogen-bond donors (Lipinski definition) is 1. The molecular formula is C26H24N2O.